The van der Waals surface area contributed by atoms with Gasteiger partial charge in [-0.3, -0.25) is 4.68 Å². The summed E-state index contributed by atoms with van der Waals surface area (Å²) in [4.78, 5) is 0. The van der Waals surface area contributed by atoms with E-state index < -0.39 is 0 Å². The van der Waals surface area contributed by atoms with Gasteiger partial charge in [0.05, 0.1) is 12.2 Å². The molecule has 0 atom stereocenters. The Kier molecular flexibility index (Phi) is 4.61. The molecule has 0 saturated carbocycles. The lowest BCUT2D eigenvalue weighted by molar-refractivity contribution is 0.639. The average Bonchev–Trinajstić information content (AvgIpc) is 2.75. The molecule has 2 N–H and O–H groups in total. The molecule has 19 heavy (non-hydrogen) atoms. The summed E-state index contributed by atoms with van der Waals surface area (Å²) in [5.74, 6) is 0. The molecule has 1 aromatic carbocycles. The molecule has 0 aliphatic rings. The Hall–Kier alpha value is -1.32. The highest BCUT2D eigenvalue weighted by atomic mass is 35.5. The molecule has 102 valence electrons. The van der Waals surface area contributed by atoms with Crippen LogP contribution in [0.4, 0.5) is 0 Å². The third-order valence-electron chi connectivity index (χ3n) is 3.34. The maximum Gasteiger partial charge on any atom is 0.0669 e. The molecule has 1 heterocycles. The van der Waals surface area contributed by atoms with Crippen LogP contribution in [0, 0.1) is 0 Å². The van der Waals surface area contributed by atoms with Gasteiger partial charge in [0.25, 0.3) is 0 Å². The van der Waals surface area contributed by atoms with Crippen molar-refractivity contribution >= 4 is 11.6 Å². The number of rotatable bonds is 5. The van der Waals surface area contributed by atoms with Gasteiger partial charge in [0.15, 0.2) is 0 Å². The van der Waals surface area contributed by atoms with E-state index >= 15 is 0 Å². The van der Waals surface area contributed by atoms with Crippen molar-refractivity contribution in [3.8, 4) is 0 Å². The van der Waals surface area contributed by atoms with Crippen LogP contribution in [0.3, 0.4) is 0 Å². The van der Waals surface area contributed by atoms with Gasteiger partial charge in [0.1, 0.15) is 0 Å². The fourth-order valence-corrected chi connectivity index (χ4v) is 2.66. The second-order valence-electron chi connectivity index (χ2n) is 4.57. The van der Waals surface area contributed by atoms with E-state index in [2.05, 4.69) is 29.7 Å². The predicted octanol–water partition coefficient (Wildman–Crippen LogP) is 3.17. The van der Waals surface area contributed by atoms with E-state index in [4.69, 9.17) is 17.3 Å². The lowest BCUT2D eigenvalue weighted by Gasteiger charge is -2.07. The van der Waals surface area contributed by atoms with Gasteiger partial charge in [0.2, 0.25) is 0 Å². The second kappa shape index (κ2) is 6.22. The average molecular weight is 278 g/mol. The number of aromatic nitrogens is 2. The number of benzene rings is 1. The number of hydrogen-bond acceptors (Lipinski definition) is 2. The Balaban J connectivity index is 2.37. The zero-order valence-electron chi connectivity index (χ0n) is 11.5. The van der Waals surface area contributed by atoms with Crippen molar-refractivity contribution in [2.24, 2.45) is 5.73 Å². The zero-order valence-corrected chi connectivity index (χ0v) is 12.2. The van der Waals surface area contributed by atoms with Crippen molar-refractivity contribution in [1.29, 1.82) is 0 Å². The molecule has 0 spiro atoms. The van der Waals surface area contributed by atoms with Crippen LogP contribution in [0.5, 0.6) is 0 Å². The molecule has 0 bridgehead atoms. The number of nitrogens with zero attached hydrogens (tertiary/aromatic N) is 2. The summed E-state index contributed by atoms with van der Waals surface area (Å²) < 4.78 is 2.06. The molecule has 0 fully saturated rings. The lowest BCUT2D eigenvalue weighted by Crippen LogP contribution is -2.08. The Morgan fingerprint density at radius 2 is 2.05 bits per heavy atom. The van der Waals surface area contributed by atoms with Crippen LogP contribution in [0.15, 0.2) is 24.3 Å². The highest BCUT2D eigenvalue weighted by Crippen LogP contribution is 2.18. The standard InChI is InChI=1S/C15H20ClN3/c1-3-14-13(9-17)15(4-2)19(18-14)10-11-6-5-7-12(16)8-11/h5-8H,3-4,9-10,17H2,1-2H3. The van der Waals surface area contributed by atoms with E-state index in [1.807, 2.05) is 18.2 Å². The van der Waals surface area contributed by atoms with Crippen LogP contribution < -0.4 is 5.73 Å². The number of halogens is 1. The van der Waals surface area contributed by atoms with Crippen LogP contribution in [0.2, 0.25) is 5.02 Å². The molecule has 0 aliphatic heterocycles. The third kappa shape index (κ3) is 2.99. The Labute approximate surface area is 119 Å². The highest BCUT2D eigenvalue weighted by molar-refractivity contribution is 6.30. The van der Waals surface area contributed by atoms with Crippen LogP contribution >= 0.6 is 11.6 Å². The smallest absolute Gasteiger partial charge is 0.0669 e. The minimum Gasteiger partial charge on any atom is -0.326 e. The third-order valence-corrected chi connectivity index (χ3v) is 3.58. The summed E-state index contributed by atoms with van der Waals surface area (Å²) in [6.07, 6.45) is 1.86. The summed E-state index contributed by atoms with van der Waals surface area (Å²) >= 11 is 6.03. The highest BCUT2D eigenvalue weighted by Gasteiger charge is 2.14. The topological polar surface area (TPSA) is 43.8 Å². The van der Waals surface area contributed by atoms with Crippen molar-refractivity contribution in [1.82, 2.24) is 9.78 Å². The van der Waals surface area contributed by atoms with Crippen LogP contribution in [-0.4, -0.2) is 9.78 Å². The molecule has 3 nitrogen and oxygen atoms in total. The molecule has 0 aliphatic carbocycles. The maximum absolute atomic E-state index is 6.03. The van der Waals surface area contributed by atoms with Gasteiger partial charge in [-0.1, -0.05) is 37.6 Å². The van der Waals surface area contributed by atoms with Gasteiger partial charge < -0.3 is 5.73 Å². The van der Waals surface area contributed by atoms with Gasteiger partial charge in [-0.15, -0.1) is 0 Å². The predicted molar refractivity (Wildman–Crippen MR) is 79.4 cm³/mol. The number of aryl methyl sites for hydroxylation is 1. The maximum atomic E-state index is 6.03. The summed E-state index contributed by atoms with van der Waals surface area (Å²) in [5, 5.41) is 5.45. The van der Waals surface area contributed by atoms with E-state index in [0.29, 0.717) is 6.54 Å². The van der Waals surface area contributed by atoms with Gasteiger partial charge >= 0.3 is 0 Å². The Morgan fingerprint density at radius 3 is 2.63 bits per heavy atom. The first-order valence-electron chi connectivity index (χ1n) is 6.71. The van der Waals surface area contributed by atoms with Crippen LogP contribution in [0.1, 0.15) is 36.4 Å². The largest absolute Gasteiger partial charge is 0.326 e. The van der Waals surface area contributed by atoms with Gasteiger partial charge in [0, 0.05) is 22.8 Å². The van der Waals surface area contributed by atoms with E-state index in [1.54, 1.807) is 0 Å². The monoisotopic (exact) mass is 277 g/mol. The minimum absolute atomic E-state index is 0.557. The molecule has 0 saturated heterocycles. The van der Waals surface area contributed by atoms with Crippen LogP contribution in [-0.2, 0) is 25.9 Å². The summed E-state index contributed by atoms with van der Waals surface area (Å²) in [7, 11) is 0. The SMILES string of the molecule is CCc1nn(Cc2cccc(Cl)c2)c(CC)c1CN. The molecule has 0 amide bonds. The zero-order chi connectivity index (χ0) is 13.8. The van der Waals surface area contributed by atoms with Crippen molar-refractivity contribution in [2.75, 3.05) is 0 Å². The second-order valence-corrected chi connectivity index (χ2v) is 5.01. The quantitative estimate of drug-likeness (QED) is 0.912. The van der Waals surface area contributed by atoms with E-state index in [0.717, 1.165) is 35.7 Å². The minimum atomic E-state index is 0.557. The normalized spacial score (nSPS) is 10.9. The van der Waals surface area contributed by atoms with E-state index in [9.17, 15) is 0 Å². The molecular formula is C15H20ClN3. The lowest BCUT2D eigenvalue weighted by atomic mass is 10.1. The van der Waals surface area contributed by atoms with Crippen molar-refractivity contribution < 1.29 is 0 Å². The molecule has 2 aromatic rings. The summed E-state index contributed by atoms with van der Waals surface area (Å²) in [6, 6.07) is 7.91. The van der Waals surface area contributed by atoms with Crippen molar-refractivity contribution in [3.05, 3.63) is 51.8 Å². The molecule has 0 radical (unpaired) electrons. The fourth-order valence-electron chi connectivity index (χ4n) is 2.44. The molecule has 2 rings (SSSR count). The van der Waals surface area contributed by atoms with Gasteiger partial charge in [-0.25, -0.2) is 0 Å². The summed E-state index contributed by atoms with van der Waals surface area (Å²) in [5.41, 5.74) is 10.6. The Bertz CT molecular complexity index is 561. The number of hydrogen-bond donors (Lipinski definition) is 1. The molecular weight excluding hydrogens is 258 g/mol. The first-order valence-corrected chi connectivity index (χ1v) is 7.09. The van der Waals surface area contributed by atoms with Crippen molar-refractivity contribution in [2.45, 2.75) is 39.8 Å². The fraction of sp³-hybridized carbons (Fsp3) is 0.400. The first-order chi connectivity index (χ1) is 9.19. The van der Waals surface area contributed by atoms with Gasteiger partial charge in [-0.2, -0.15) is 5.10 Å². The molecule has 1 aromatic heterocycles. The van der Waals surface area contributed by atoms with E-state index in [-0.39, 0.29) is 0 Å². The van der Waals surface area contributed by atoms with E-state index in [1.165, 1.54) is 11.3 Å². The van der Waals surface area contributed by atoms with Crippen molar-refractivity contribution in [3.63, 3.8) is 0 Å². The number of nitrogens with two attached hydrogens (primary N) is 1. The summed E-state index contributed by atoms with van der Waals surface area (Å²) in [6.45, 7) is 5.56. The molecule has 4 heteroatoms. The first kappa shape index (κ1) is 14.1. The van der Waals surface area contributed by atoms with Gasteiger partial charge in [-0.05, 0) is 30.5 Å². The molecule has 0 unspecified atom stereocenters. The Morgan fingerprint density at radius 1 is 1.26 bits per heavy atom. The van der Waals surface area contributed by atoms with Crippen LogP contribution in [0.25, 0.3) is 0 Å².